The van der Waals surface area contributed by atoms with E-state index in [1.54, 1.807) is 4.68 Å². The summed E-state index contributed by atoms with van der Waals surface area (Å²) in [5.74, 6) is 1.05. The number of nitrogens with zero attached hydrogens (tertiary/aromatic N) is 2. The standard InChI is InChI=1S/C12H16BrN5/c13-9-5-1-2-6-10(9)18-12(16)8(4-3-7-14)11(15)17-18/h1-2,5-6H,3-4,7,14,16H2,(H2,15,17). The number of halogens is 1. The van der Waals surface area contributed by atoms with Crippen molar-refractivity contribution < 1.29 is 0 Å². The lowest BCUT2D eigenvalue weighted by atomic mass is 10.1. The molecule has 96 valence electrons. The van der Waals surface area contributed by atoms with Gasteiger partial charge in [0.2, 0.25) is 0 Å². The molecule has 2 aromatic rings. The number of hydrogen-bond acceptors (Lipinski definition) is 4. The Kier molecular flexibility index (Phi) is 3.88. The first kappa shape index (κ1) is 12.9. The van der Waals surface area contributed by atoms with Crippen molar-refractivity contribution in [2.24, 2.45) is 5.73 Å². The van der Waals surface area contributed by atoms with E-state index in [0.717, 1.165) is 28.6 Å². The number of aromatic nitrogens is 2. The number of rotatable bonds is 4. The number of para-hydroxylation sites is 1. The van der Waals surface area contributed by atoms with Crippen LogP contribution in [0.4, 0.5) is 11.6 Å². The van der Waals surface area contributed by atoms with Crippen molar-refractivity contribution in [2.45, 2.75) is 12.8 Å². The molecule has 6 N–H and O–H groups in total. The average molecular weight is 310 g/mol. The van der Waals surface area contributed by atoms with Gasteiger partial charge in [0.25, 0.3) is 0 Å². The molecule has 2 rings (SSSR count). The van der Waals surface area contributed by atoms with Crippen molar-refractivity contribution in [1.82, 2.24) is 9.78 Å². The van der Waals surface area contributed by atoms with Crippen LogP contribution in [0.3, 0.4) is 0 Å². The summed E-state index contributed by atoms with van der Waals surface area (Å²) in [5.41, 5.74) is 19.3. The van der Waals surface area contributed by atoms with Gasteiger partial charge in [-0.2, -0.15) is 0 Å². The fourth-order valence-corrected chi connectivity index (χ4v) is 2.28. The molecule has 0 aliphatic carbocycles. The normalized spacial score (nSPS) is 10.8. The lowest BCUT2D eigenvalue weighted by molar-refractivity contribution is 0.834. The number of hydrogen-bond donors (Lipinski definition) is 3. The van der Waals surface area contributed by atoms with Gasteiger partial charge in [0, 0.05) is 10.0 Å². The van der Waals surface area contributed by atoms with E-state index in [1.807, 2.05) is 24.3 Å². The molecule has 0 saturated heterocycles. The smallest absolute Gasteiger partial charge is 0.151 e. The van der Waals surface area contributed by atoms with Crippen molar-refractivity contribution >= 4 is 27.6 Å². The highest BCUT2D eigenvalue weighted by atomic mass is 79.9. The molecule has 0 bridgehead atoms. The molecule has 6 heteroatoms. The molecule has 0 fully saturated rings. The molecule has 0 aliphatic rings. The molecule has 1 aromatic heterocycles. The van der Waals surface area contributed by atoms with Crippen molar-refractivity contribution in [3.8, 4) is 5.69 Å². The third kappa shape index (κ3) is 2.34. The van der Waals surface area contributed by atoms with Crippen LogP contribution in [0.15, 0.2) is 28.7 Å². The van der Waals surface area contributed by atoms with E-state index < -0.39 is 0 Å². The summed E-state index contributed by atoms with van der Waals surface area (Å²) in [7, 11) is 0. The molecule has 0 atom stereocenters. The van der Waals surface area contributed by atoms with Gasteiger partial charge in [-0.25, -0.2) is 4.68 Å². The second-order valence-electron chi connectivity index (χ2n) is 4.00. The fraction of sp³-hybridized carbons (Fsp3) is 0.250. The van der Waals surface area contributed by atoms with Crippen LogP contribution in [0, 0.1) is 0 Å². The maximum Gasteiger partial charge on any atom is 0.151 e. The first-order valence-corrected chi connectivity index (χ1v) is 6.52. The lowest BCUT2D eigenvalue weighted by Gasteiger charge is -2.06. The van der Waals surface area contributed by atoms with Crippen molar-refractivity contribution in [3.05, 3.63) is 34.3 Å². The quantitative estimate of drug-likeness (QED) is 0.800. The number of benzene rings is 1. The Labute approximate surface area is 114 Å². The number of nitrogen functional groups attached to an aromatic ring is 2. The summed E-state index contributed by atoms with van der Waals surface area (Å²) < 4.78 is 2.58. The van der Waals surface area contributed by atoms with Crippen LogP contribution >= 0.6 is 15.9 Å². The minimum Gasteiger partial charge on any atom is -0.383 e. The summed E-state index contributed by atoms with van der Waals surface area (Å²) in [6, 6.07) is 7.73. The zero-order chi connectivity index (χ0) is 13.1. The van der Waals surface area contributed by atoms with Crippen LogP contribution in [0.5, 0.6) is 0 Å². The Bertz CT molecular complexity index is 549. The summed E-state index contributed by atoms with van der Waals surface area (Å²) >= 11 is 3.48. The van der Waals surface area contributed by atoms with Gasteiger partial charge < -0.3 is 17.2 Å². The minimum absolute atomic E-state index is 0.469. The van der Waals surface area contributed by atoms with Crippen molar-refractivity contribution in [3.63, 3.8) is 0 Å². The van der Waals surface area contributed by atoms with Crippen LogP contribution in [0.1, 0.15) is 12.0 Å². The molecule has 0 saturated carbocycles. The Morgan fingerprint density at radius 2 is 1.94 bits per heavy atom. The van der Waals surface area contributed by atoms with Gasteiger partial charge in [-0.3, -0.25) is 0 Å². The van der Waals surface area contributed by atoms with Gasteiger partial charge in [-0.15, -0.1) is 5.10 Å². The first-order chi connectivity index (χ1) is 8.65. The molecule has 0 radical (unpaired) electrons. The van der Waals surface area contributed by atoms with Crippen molar-refractivity contribution in [2.75, 3.05) is 18.0 Å². The monoisotopic (exact) mass is 309 g/mol. The molecule has 18 heavy (non-hydrogen) atoms. The maximum absolute atomic E-state index is 6.10. The predicted molar refractivity (Wildman–Crippen MR) is 77.5 cm³/mol. The topological polar surface area (TPSA) is 95.9 Å². The van der Waals surface area contributed by atoms with E-state index in [-0.39, 0.29) is 0 Å². The third-order valence-electron chi connectivity index (χ3n) is 2.77. The molecule has 0 aliphatic heterocycles. The molecular formula is C12H16BrN5. The highest BCUT2D eigenvalue weighted by molar-refractivity contribution is 9.10. The summed E-state index contributed by atoms with van der Waals surface area (Å²) in [6.45, 7) is 0.610. The first-order valence-electron chi connectivity index (χ1n) is 5.73. The molecule has 0 unspecified atom stereocenters. The van der Waals surface area contributed by atoms with E-state index in [9.17, 15) is 0 Å². The maximum atomic E-state index is 6.10. The summed E-state index contributed by atoms with van der Waals surface area (Å²) in [6.07, 6.45) is 1.59. The van der Waals surface area contributed by atoms with E-state index >= 15 is 0 Å². The molecule has 5 nitrogen and oxygen atoms in total. The van der Waals surface area contributed by atoms with Gasteiger partial charge in [-0.1, -0.05) is 12.1 Å². The van der Waals surface area contributed by atoms with Crippen molar-refractivity contribution in [1.29, 1.82) is 0 Å². The predicted octanol–water partition coefficient (Wildman–Crippen LogP) is 1.69. The molecule has 1 heterocycles. The van der Waals surface area contributed by atoms with Crippen LogP contribution in [-0.4, -0.2) is 16.3 Å². The molecule has 0 spiro atoms. The third-order valence-corrected chi connectivity index (χ3v) is 3.44. The van der Waals surface area contributed by atoms with Gasteiger partial charge in [0.1, 0.15) is 5.82 Å². The Balaban J connectivity index is 2.44. The van der Waals surface area contributed by atoms with E-state index in [0.29, 0.717) is 18.2 Å². The van der Waals surface area contributed by atoms with Crippen LogP contribution in [0.2, 0.25) is 0 Å². The van der Waals surface area contributed by atoms with Gasteiger partial charge >= 0.3 is 0 Å². The van der Waals surface area contributed by atoms with Gasteiger partial charge in [-0.05, 0) is 47.4 Å². The highest BCUT2D eigenvalue weighted by Gasteiger charge is 2.15. The number of nitrogens with two attached hydrogens (primary N) is 3. The summed E-state index contributed by atoms with van der Waals surface area (Å²) in [5, 5.41) is 4.29. The van der Waals surface area contributed by atoms with E-state index in [1.165, 1.54) is 0 Å². The van der Waals surface area contributed by atoms with E-state index in [4.69, 9.17) is 17.2 Å². The molecule has 0 amide bonds. The zero-order valence-electron chi connectivity index (χ0n) is 9.94. The molecular weight excluding hydrogens is 294 g/mol. The average Bonchev–Trinajstić information content (AvgIpc) is 2.63. The Hall–Kier alpha value is -1.53. The Morgan fingerprint density at radius 3 is 2.61 bits per heavy atom. The lowest BCUT2D eigenvalue weighted by Crippen LogP contribution is -2.05. The highest BCUT2D eigenvalue weighted by Crippen LogP contribution is 2.27. The van der Waals surface area contributed by atoms with Gasteiger partial charge in [0.15, 0.2) is 5.82 Å². The minimum atomic E-state index is 0.469. The summed E-state index contributed by atoms with van der Waals surface area (Å²) in [4.78, 5) is 0. The SMILES string of the molecule is NCCCc1c(N)nn(-c2ccccc2Br)c1N. The largest absolute Gasteiger partial charge is 0.383 e. The van der Waals surface area contributed by atoms with E-state index in [2.05, 4.69) is 21.0 Å². The Morgan fingerprint density at radius 1 is 1.22 bits per heavy atom. The van der Waals surface area contributed by atoms with Gasteiger partial charge in [0.05, 0.1) is 5.69 Å². The molecule has 1 aromatic carbocycles. The second-order valence-corrected chi connectivity index (χ2v) is 4.86. The van der Waals surface area contributed by atoms with Crippen LogP contribution < -0.4 is 17.2 Å². The zero-order valence-corrected chi connectivity index (χ0v) is 11.5. The fourth-order valence-electron chi connectivity index (χ4n) is 1.82. The van der Waals surface area contributed by atoms with Crippen LogP contribution in [0.25, 0.3) is 5.69 Å². The second kappa shape index (κ2) is 5.41. The number of anilines is 2. The van der Waals surface area contributed by atoms with Crippen LogP contribution in [-0.2, 0) is 6.42 Å².